The summed E-state index contributed by atoms with van der Waals surface area (Å²) >= 11 is 0. The van der Waals surface area contributed by atoms with Crippen molar-refractivity contribution in [3.05, 3.63) is 0 Å². The first-order valence-electron chi connectivity index (χ1n) is 6.05. The Labute approximate surface area is 103 Å². The van der Waals surface area contributed by atoms with Gasteiger partial charge in [-0.3, -0.25) is 9.59 Å². The molecule has 0 heterocycles. The smallest absolute Gasteiger partial charge is 0.308 e. The van der Waals surface area contributed by atoms with Crippen molar-refractivity contribution in [3.8, 4) is 0 Å². The molecule has 0 spiro atoms. The highest BCUT2D eigenvalue weighted by Gasteiger charge is 2.21. The monoisotopic (exact) mass is 244 g/mol. The maximum absolute atomic E-state index is 11.9. The molecule has 0 aliphatic heterocycles. The van der Waals surface area contributed by atoms with Crippen LogP contribution in [0, 0.1) is 11.8 Å². The Hall–Kier alpha value is -1.10. The Morgan fingerprint density at radius 2 is 1.82 bits per heavy atom. The number of carboxylic acid groups (broad SMARTS) is 1. The number of rotatable bonds is 7. The SMILES string of the molecule is CCN(CC(C)C(=O)O)C(=O)CC(N)C(C)C. The number of carbonyl (C=O) groups is 2. The topological polar surface area (TPSA) is 83.6 Å². The summed E-state index contributed by atoms with van der Waals surface area (Å²) in [6.45, 7) is 8.13. The molecule has 3 N–H and O–H groups in total. The molecule has 2 unspecified atom stereocenters. The lowest BCUT2D eigenvalue weighted by Gasteiger charge is -2.25. The van der Waals surface area contributed by atoms with Gasteiger partial charge in [0.15, 0.2) is 0 Å². The van der Waals surface area contributed by atoms with Crippen LogP contribution in [0.3, 0.4) is 0 Å². The molecule has 0 fully saturated rings. The van der Waals surface area contributed by atoms with Crippen molar-refractivity contribution in [1.82, 2.24) is 4.90 Å². The molecule has 0 radical (unpaired) electrons. The van der Waals surface area contributed by atoms with Gasteiger partial charge in [0.2, 0.25) is 5.91 Å². The van der Waals surface area contributed by atoms with E-state index in [1.165, 1.54) is 0 Å². The minimum atomic E-state index is -0.885. The maximum Gasteiger partial charge on any atom is 0.308 e. The molecule has 5 nitrogen and oxygen atoms in total. The second-order valence-electron chi connectivity index (χ2n) is 4.78. The molecular formula is C12H24N2O3. The van der Waals surface area contributed by atoms with Crippen molar-refractivity contribution in [3.63, 3.8) is 0 Å². The van der Waals surface area contributed by atoms with Gasteiger partial charge in [0.25, 0.3) is 0 Å². The first-order chi connectivity index (χ1) is 7.79. The summed E-state index contributed by atoms with van der Waals surface area (Å²) in [4.78, 5) is 24.2. The van der Waals surface area contributed by atoms with Crippen LogP contribution in [0.4, 0.5) is 0 Å². The number of nitrogens with two attached hydrogens (primary N) is 1. The molecule has 100 valence electrons. The zero-order valence-corrected chi connectivity index (χ0v) is 11.1. The molecule has 0 aromatic rings. The zero-order chi connectivity index (χ0) is 13.6. The summed E-state index contributed by atoms with van der Waals surface area (Å²) in [6, 6.07) is -0.170. The molecule has 1 amide bonds. The summed E-state index contributed by atoms with van der Waals surface area (Å²) in [5.41, 5.74) is 5.84. The average molecular weight is 244 g/mol. The summed E-state index contributed by atoms with van der Waals surface area (Å²) < 4.78 is 0. The van der Waals surface area contributed by atoms with Crippen molar-refractivity contribution in [2.45, 2.75) is 40.2 Å². The van der Waals surface area contributed by atoms with Crippen LogP contribution in [0.25, 0.3) is 0 Å². The van der Waals surface area contributed by atoms with E-state index in [-0.39, 0.29) is 30.8 Å². The third-order valence-corrected chi connectivity index (χ3v) is 2.92. The molecule has 0 rings (SSSR count). The average Bonchev–Trinajstić information content (AvgIpc) is 2.24. The van der Waals surface area contributed by atoms with Crippen LogP contribution in [-0.2, 0) is 9.59 Å². The van der Waals surface area contributed by atoms with Gasteiger partial charge in [-0.15, -0.1) is 0 Å². The standard InChI is InChI=1S/C12H24N2O3/c1-5-14(7-9(4)12(16)17)11(15)6-10(13)8(2)3/h8-10H,5-7,13H2,1-4H3,(H,16,17). The highest BCUT2D eigenvalue weighted by molar-refractivity contribution is 5.78. The quantitative estimate of drug-likeness (QED) is 0.697. The van der Waals surface area contributed by atoms with Gasteiger partial charge in [-0.05, 0) is 12.8 Å². The molecule has 0 bridgehead atoms. The lowest BCUT2D eigenvalue weighted by atomic mass is 10.0. The van der Waals surface area contributed by atoms with Gasteiger partial charge >= 0.3 is 5.97 Å². The largest absolute Gasteiger partial charge is 0.481 e. The van der Waals surface area contributed by atoms with Gasteiger partial charge < -0.3 is 15.7 Å². The Balaban J connectivity index is 4.36. The first-order valence-corrected chi connectivity index (χ1v) is 6.05. The predicted molar refractivity (Wildman–Crippen MR) is 66.5 cm³/mol. The molecule has 0 aromatic heterocycles. The van der Waals surface area contributed by atoms with Crippen LogP contribution in [0.5, 0.6) is 0 Å². The van der Waals surface area contributed by atoms with Crippen LogP contribution in [0.1, 0.15) is 34.1 Å². The second kappa shape index (κ2) is 7.27. The van der Waals surface area contributed by atoms with E-state index in [0.717, 1.165) is 0 Å². The number of hydrogen-bond donors (Lipinski definition) is 2. The van der Waals surface area contributed by atoms with Crippen molar-refractivity contribution in [1.29, 1.82) is 0 Å². The Bertz CT molecular complexity index is 266. The summed E-state index contributed by atoms with van der Waals surface area (Å²) in [7, 11) is 0. The van der Waals surface area contributed by atoms with E-state index in [2.05, 4.69) is 0 Å². The van der Waals surface area contributed by atoms with Crippen molar-refractivity contribution in [2.75, 3.05) is 13.1 Å². The number of carboxylic acids is 1. The predicted octanol–water partition coefficient (Wildman–Crippen LogP) is 0.929. The van der Waals surface area contributed by atoms with E-state index in [0.29, 0.717) is 6.54 Å². The molecule has 0 saturated carbocycles. The van der Waals surface area contributed by atoms with Crippen LogP contribution in [0.15, 0.2) is 0 Å². The van der Waals surface area contributed by atoms with Gasteiger partial charge in [0, 0.05) is 25.6 Å². The van der Waals surface area contributed by atoms with Crippen LogP contribution in [-0.4, -0.2) is 41.0 Å². The normalized spacial score (nSPS) is 14.5. The molecule has 0 aliphatic carbocycles. The van der Waals surface area contributed by atoms with Crippen molar-refractivity contribution in [2.24, 2.45) is 17.6 Å². The number of hydrogen-bond acceptors (Lipinski definition) is 3. The van der Waals surface area contributed by atoms with Gasteiger partial charge in [0.05, 0.1) is 5.92 Å². The maximum atomic E-state index is 11.9. The van der Waals surface area contributed by atoms with E-state index in [9.17, 15) is 9.59 Å². The van der Waals surface area contributed by atoms with E-state index < -0.39 is 11.9 Å². The van der Waals surface area contributed by atoms with E-state index >= 15 is 0 Å². The number of amides is 1. The highest BCUT2D eigenvalue weighted by Crippen LogP contribution is 2.08. The molecule has 0 aliphatic rings. The van der Waals surface area contributed by atoms with Crippen LogP contribution in [0.2, 0.25) is 0 Å². The minimum absolute atomic E-state index is 0.0678. The lowest BCUT2D eigenvalue weighted by molar-refractivity contribution is -0.143. The summed E-state index contributed by atoms with van der Waals surface area (Å²) in [5, 5.41) is 8.82. The van der Waals surface area contributed by atoms with E-state index in [4.69, 9.17) is 10.8 Å². The lowest BCUT2D eigenvalue weighted by Crippen LogP contribution is -2.40. The molecule has 5 heteroatoms. The van der Waals surface area contributed by atoms with Gasteiger partial charge in [-0.25, -0.2) is 0 Å². The van der Waals surface area contributed by atoms with E-state index in [1.807, 2.05) is 20.8 Å². The highest BCUT2D eigenvalue weighted by atomic mass is 16.4. The minimum Gasteiger partial charge on any atom is -0.481 e. The number of nitrogens with zero attached hydrogens (tertiary/aromatic N) is 1. The van der Waals surface area contributed by atoms with Crippen LogP contribution < -0.4 is 5.73 Å². The fraction of sp³-hybridized carbons (Fsp3) is 0.833. The number of carbonyl (C=O) groups excluding carboxylic acids is 1. The Morgan fingerprint density at radius 3 is 2.18 bits per heavy atom. The molecule has 0 aromatic carbocycles. The molecule has 17 heavy (non-hydrogen) atoms. The first kappa shape index (κ1) is 15.9. The molecule has 0 saturated heterocycles. The number of aliphatic carboxylic acids is 1. The van der Waals surface area contributed by atoms with E-state index in [1.54, 1.807) is 11.8 Å². The summed E-state index contributed by atoms with van der Waals surface area (Å²) in [5.74, 6) is -1.25. The Morgan fingerprint density at radius 1 is 1.29 bits per heavy atom. The third kappa shape index (κ3) is 5.68. The van der Waals surface area contributed by atoms with Gasteiger partial charge in [-0.2, -0.15) is 0 Å². The summed E-state index contributed by atoms with van der Waals surface area (Å²) in [6.07, 6.45) is 0.276. The fourth-order valence-electron chi connectivity index (χ4n) is 1.38. The fourth-order valence-corrected chi connectivity index (χ4v) is 1.38. The second-order valence-corrected chi connectivity index (χ2v) is 4.78. The van der Waals surface area contributed by atoms with Crippen molar-refractivity contribution >= 4 is 11.9 Å². The van der Waals surface area contributed by atoms with Gasteiger partial charge in [-0.1, -0.05) is 20.8 Å². The third-order valence-electron chi connectivity index (χ3n) is 2.92. The van der Waals surface area contributed by atoms with Gasteiger partial charge in [0.1, 0.15) is 0 Å². The Kier molecular flexibility index (Phi) is 6.80. The molecule has 2 atom stereocenters. The zero-order valence-electron chi connectivity index (χ0n) is 11.1. The van der Waals surface area contributed by atoms with Crippen LogP contribution >= 0.6 is 0 Å². The molecular weight excluding hydrogens is 220 g/mol. The van der Waals surface area contributed by atoms with Crippen molar-refractivity contribution < 1.29 is 14.7 Å².